The molecule has 0 spiro atoms. The van der Waals surface area contributed by atoms with E-state index in [4.69, 9.17) is 11.6 Å². The van der Waals surface area contributed by atoms with Gasteiger partial charge in [-0.25, -0.2) is 0 Å². The van der Waals surface area contributed by atoms with Gasteiger partial charge in [0.15, 0.2) is 0 Å². The van der Waals surface area contributed by atoms with E-state index in [1.54, 1.807) is 0 Å². The molecule has 0 heterocycles. The minimum absolute atomic E-state index is 0.764. The van der Waals surface area contributed by atoms with Gasteiger partial charge in [-0.15, -0.1) is 0 Å². The fourth-order valence-corrected chi connectivity index (χ4v) is 1.59. The molecule has 0 aliphatic rings. The Balaban J connectivity index is 2.29. The molecule has 0 bridgehead atoms. The third-order valence-corrected chi connectivity index (χ3v) is 2.61. The summed E-state index contributed by atoms with van der Waals surface area (Å²) >= 11 is 5.84. The summed E-state index contributed by atoms with van der Waals surface area (Å²) < 4.78 is 0. The van der Waals surface area contributed by atoms with Crippen molar-refractivity contribution in [3.05, 3.63) is 59.6 Å². The summed E-state index contributed by atoms with van der Waals surface area (Å²) in [6.07, 6.45) is 0. The summed E-state index contributed by atoms with van der Waals surface area (Å²) in [6, 6.07) is 18.0. The monoisotopic (exact) mass is 217 g/mol. The highest BCUT2D eigenvalue weighted by atomic mass is 35.5. The quantitative estimate of drug-likeness (QED) is 0.732. The molecular formula is C13H12ClN. The van der Waals surface area contributed by atoms with E-state index in [0.717, 1.165) is 10.7 Å². The van der Waals surface area contributed by atoms with Crippen LogP contribution in [-0.2, 0) is 0 Å². The van der Waals surface area contributed by atoms with E-state index in [-0.39, 0.29) is 0 Å². The average molecular weight is 218 g/mol. The lowest BCUT2D eigenvalue weighted by Gasteiger charge is -2.19. The van der Waals surface area contributed by atoms with Crippen LogP contribution in [0.15, 0.2) is 54.6 Å². The Morgan fingerprint density at radius 2 is 1.33 bits per heavy atom. The van der Waals surface area contributed by atoms with Crippen LogP contribution in [0.25, 0.3) is 0 Å². The maximum absolute atomic E-state index is 5.84. The molecule has 0 saturated heterocycles. The normalized spacial score (nSPS) is 10.0. The van der Waals surface area contributed by atoms with Crippen LogP contribution in [0.1, 0.15) is 0 Å². The van der Waals surface area contributed by atoms with Gasteiger partial charge in [-0.05, 0) is 36.4 Å². The largest absolute Gasteiger partial charge is 0.345 e. The second-order valence-corrected chi connectivity index (χ2v) is 3.81. The number of para-hydroxylation sites is 1. The summed E-state index contributed by atoms with van der Waals surface area (Å²) in [5.41, 5.74) is 2.30. The molecule has 76 valence electrons. The highest BCUT2D eigenvalue weighted by Crippen LogP contribution is 2.24. The number of hydrogen-bond donors (Lipinski definition) is 0. The fraction of sp³-hybridized carbons (Fsp3) is 0.0769. The van der Waals surface area contributed by atoms with E-state index in [0.29, 0.717) is 0 Å². The standard InChI is InChI=1S/C13H12ClN/c1-15(12-5-3-2-4-6-12)13-9-7-11(14)8-10-13/h2-10H,1H3. The Kier molecular flexibility index (Phi) is 2.93. The third kappa shape index (κ3) is 2.31. The predicted octanol–water partition coefficient (Wildman–Crippen LogP) is 4.11. The Labute approximate surface area is 94.9 Å². The molecule has 0 atom stereocenters. The summed E-state index contributed by atoms with van der Waals surface area (Å²) in [7, 11) is 2.04. The zero-order chi connectivity index (χ0) is 10.7. The van der Waals surface area contributed by atoms with E-state index in [1.807, 2.05) is 49.5 Å². The smallest absolute Gasteiger partial charge is 0.0409 e. The molecule has 2 aromatic rings. The van der Waals surface area contributed by atoms with Gasteiger partial charge < -0.3 is 4.90 Å². The van der Waals surface area contributed by atoms with E-state index in [9.17, 15) is 0 Å². The minimum atomic E-state index is 0.764. The molecule has 1 nitrogen and oxygen atoms in total. The number of rotatable bonds is 2. The Bertz CT molecular complexity index is 422. The van der Waals surface area contributed by atoms with Crippen molar-refractivity contribution in [1.29, 1.82) is 0 Å². The third-order valence-electron chi connectivity index (χ3n) is 2.36. The number of anilines is 2. The van der Waals surface area contributed by atoms with Gasteiger partial charge in [-0.2, -0.15) is 0 Å². The Hall–Kier alpha value is -1.47. The van der Waals surface area contributed by atoms with Crippen LogP contribution in [-0.4, -0.2) is 7.05 Å². The number of halogens is 1. The molecule has 2 heteroatoms. The van der Waals surface area contributed by atoms with Gasteiger partial charge in [0.2, 0.25) is 0 Å². The molecule has 0 aliphatic heterocycles. The molecular weight excluding hydrogens is 206 g/mol. The van der Waals surface area contributed by atoms with Crippen LogP contribution in [0.4, 0.5) is 11.4 Å². The Morgan fingerprint density at radius 1 is 0.800 bits per heavy atom. The molecule has 0 aromatic heterocycles. The molecule has 0 aliphatic carbocycles. The molecule has 2 aromatic carbocycles. The number of hydrogen-bond acceptors (Lipinski definition) is 1. The van der Waals surface area contributed by atoms with Gasteiger partial charge in [0, 0.05) is 23.4 Å². The van der Waals surface area contributed by atoms with Crippen molar-refractivity contribution >= 4 is 23.0 Å². The van der Waals surface area contributed by atoms with E-state index in [2.05, 4.69) is 17.0 Å². The maximum atomic E-state index is 5.84. The number of nitrogens with zero attached hydrogens (tertiary/aromatic N) is 1. The first-order valence-electron chi connectivity index (χ1n) is 4.82. The summed E-state index contributed by atoms with van der Waals surface area (Å²) in [6.45, 7) is 0. The number of benzene rings is 2. The molecule has 0 amide bonds. The molecule has 0 saturated carbocycles. The molecule has 0 unspecified atom stereocenters. The van der Waals surface area contributed by atoms with Gasteiger partial charge in [-0.3, -0.25) is 0 Å². The Morgan fingerprint density at radius 3 is 1.93 bits per heavy atom. The van der Waals surface area contributed by atoms with Crippen LogP contribution in [0.3, 0.4) is 0 Å². The minimum Gasteiger partial charge on any atom is -0.345 e. The molecule has 15 heavy (non-hydrogen) atoms. The fourth-order valence-electron chi connectivity index (χ4n) is 1.47. The molecule has 2 rings (SSSR count). The molecule has 0 fully saturated rings. The van der Waals surface area contributed by atoms with Crippen molar-refractivity contribution in [3.8, 4) is 0 Å². The van der Waals surface area contributed by atoms with Crippen LogP contribution in [0, 0.1) is 0 Å². The van der Waals surface area contributed by atoms with Gasteiger partial charge in [0.1, 0.15) is 0 Å². The topological polar surface area (TPSA) is 3.24 Å². The zero-order valence-corrected chi connectivity index (χ0v) is 9.28. The lowest BCUT2D eigenvalue weighted by atomic mass is 10.2. The SMILES string of the molecule is CN(c1ccccc1)c1ccc(Cl)cc1. The lowest BCUT2D eigenvalue weighted by molar-refractivity contribution is 1.21. The van der Waals surface area contributed by atoms with Crippen LogP contribution in [0.5, 0.6) is 0 Å². The highest BCUT2D eigenvalue weighted by molar-refractivity contribution is 6.30. The van der Waals surface area contributed by atoms with Crippen LogP contribution < -0.4 is 4.90 Å². The van der Waals surface area contributed by atoms with Crippen molar-refractivity contribution in [3.63, 3.8) is 0 Å². The summed E-state index contributed by atoms with van der Waals surface area (Å²) in [5.74, 6) is 0. The summed E-state index contributed by atoms with van der Waals surface area (Å²) in [5, 5.41) is 0.764. The molecule has 0 N–H and O–H groups in total. The second kappa shape index (κ2) is 4.37. The van der Waals surface area contributed by atoms with Gasteiger partial charge >= 0.3 is 0 Å². The van der Waals surface area contributed by atoms with Crippen molar-refractivity contribution < 1.29 is 0 Å². The second-order valence-electron chi connectivity index (χ2n) is 3.37. The first-order valence-corrected chi connectivity index (χ1v) is 5.19. The van der Waals surface area contributed by atoms with Crippen molar-refractivity contribution in [1.82, 2.24) is 0 Å². The summed E-state index contributed by atoms with van der Waals surface area (Å²) in [4.78, 5) is 2.12. The van der Waals surface area contributed by atoms with E-state index < -0.39 is 0 Å². The van der Waals surface area contributed by atoms with Crippen LogP contribution >= 0.6 is 11.6 Å². The highest BCUT2D eigenvalue weighted by Gasteiger charge is 2.01. The van der Waals surface area contributed by atoms with Crippen molar-refractivity contribution in [2.45, 2.75) is 0 Å². The van der Waals surface area contributed by atoms with Gasteiger partial charge in [0.25, 0.3) is 0 Å². The van der Waals surface area contributed by atoms with E-state index >= 15 is 0 Å². The average Bonchev–Trinajstić information content (AvgIpc) is 2.30. The first-order chi connectivity index (χ1) is 7.27. The zero-order valence-electron chi connectivity index (χ0n) is 8.52. The van der Waals surface area contributed by atoms with Gasteiger partial charge in [0.05, 0.1) is 0 Å². The maximum Gasteiger partial charge on any atom is 0.0409 e. The van der Waals surface area contributed by atoms with Crippen LogP contribution in [0.2, 0.25) is 5.02 Å². The van der Waals surface area contributed by atoms with Crippen molar-refractivity contribution in [2.75, 3.05) is 11.9 Å². The first kappa shape index (κ1) is 10.1. The van der Waals surface area contributed by atoms with E-state index in [1.165, 1.54) is 5.69 Å². The van der Waals surface area contributed by atoms with Gasteiger partial charge in [-0.1, -0.05) is 29.8 Å². The predicted molar refractivity (Wildman–Crippen MR) is 66.0 cm³/mol. The van der Waals surface area contributed by atoms with Crippen molar-refractivity contribution in [2.24, 2.45) is 0 Å². The lowest BCUT2D eigenvalue weighted by Crippen LogP contribution is -2.08. The molecule has 0 radical (unpaired) electrons.